The Morgan fingerprint density at radius 2 is 2.00 bits per heavy atom. The molecule has 3 rings (SSSR count). The highest BCUT2D eigenvalue weighted by atomic mass is 32.2. The van der Waals surface area contributed by atoms with Crippen LogP contribution in [-0.4, -0.2) is 29.8 Å². The zero-order valence-electron chi connectivity index (χ0n) is 12.3. The number of nitrogens with two attached hydrogens (primary N) is 1. The van der Waals surface area contributed by atoms with E-state index in [1.807, 2.05) is 19.0 Å². The predicted octanol–water partition coefficient (Wildman–Crippen LogP) is 2.71. The fraction of sp³-hybridized carbons (Fsp3) is 0.500. The first-order valence-electron chi connectivity index (χ1n) is 6.64. The van der Waals surface area contributed by atoms with Crippen molar-refractivity contribution in [3.8, 4) is 0 Å². The van der Waals surface area contributed by atoms with E-state index >= 15 is 0 Å². The van der Waals surface area contributed by atoms with Gasteiger partial charge in [0, 0.05) is 19.8 Å². The number of allylic oxidation sites excluding steroid dienone is 2. The highest BCUT2D eigenvalue weighted by Crippen LogP contribution is 2.48. The van der Waals surface area contributed by atoms with Crippen LogP contribution in [0.3, 0.4) is 0 Å². The number of anilines is 1. The van der Waals surface area contributed by atoms with Gasteiger partial charge in [-0.1, -0.05) is 25.6 Å². The molecule has 2 aliphatic rings. The van der Waals surface area contributed by atoms with Crippen LogP contribution in [-0.2, 0) is 0 Å². The lowest BCUT2D eigenvalue weighted by molar-refractivity contribution is 0.371. The topological polar surface area (TPSA) is 67.4 Å². The van der Waals surface area contributed by atoms with Gasteiger partial charge in [-0.3, -0.25) is 0 Å². The van der Waals surface area contributed by atoms with Gasteiger partial charge in [-0.2, -0.15) is 0 Å². The zero-order valence-corrected chi connectivity index (χ0v) is 13.1. The van der Waals surface area contributed by atoms with Gasteiger partial charge in [-0.05, 0) is 18.3 Å². The molecule has 106 valence electrons. The number of aromatic nitrogens is 2. The summed E-state index contributed by atoms with van der Waals surface area (Å²) in [6.07, 6.45) is 3.44. The number of rotatable bonds is 1. The molecule has 0 fully saturated rings. The van der Waals surface area contributed by atoms with Crippen LogP contribution in [0.5, 0.6) is 0 Å². The third-order valence-electron chi connectivity index (χ3n) is 3.51. The highest BCUT2D eigenvalue weighted by molar-refractivity contribution is 8.04. The largest absolute Gasteiger partial charge is 0.401 e. The van der Waals surface area contributed by atoms with Crippen LogP contribution in [0.25, 0.3) is 0 Å². The van der Waals surface area contributed by atoms with Crippen LogP contribution >= 0.6 is 11.8 Å². The van der Waals surface area contributed by atoms with Gasteiger partial charge in [0.2, 0.25) is 0 Å². The summed E-state index contributed by atoms with van der Waals surface area (Å²) < 4.78 is 0. The molecule has 0 unspecified atom stereocenters. The highest BCUT2D eigenvalue weighted by Gasteiger charge is 2.34. The maximum absolute atomic E-state index is 6.24. The molecule has 20 heavy (non-hydrogen) atoms. The smallest absolute Gasteiger partial charge is 0.158 e. The van der Waals surface area contributed by atoms with E-state index in [1.54, 1.807) is 18.1 Å². The number of hydrogen-bond acceptors (Lipinski definition) is 6. The lowest BCUT2D eigenvalue weighted by Crippen LogP contribution is -2.29. The third-order valence-corrected chi connectivity index (χ3v) is 4.70. The minimum absolute atomic E-state index is 0.165. The molecule has 0 spiro atoms. The third kappa shape index (κ3) is 2.18. The van der Waals surface area contributed by atoms with Crippen LogP contribution in [0, 0.1) is 5.41 Å². The number of thioether (sulfide) groups is 1. The van der Waals surface area contributed by atoms with Gasteiger partial charge in [0.05, 0.1) is 10.6 Å². The zero-order chi connectivity index (χ0) is 14.5. The summed E-state index contributed by atoms with van der Waals surface area (Å²) in [4.78, 5) is 16.6. The lowest BCUT2D eigenvalue weighted by atomic mass is 9.78. The van der Waals surface area contributed by atoms with Crippen LogP contribution < -0.4 is 10.6 Å². The molecule has 2 N–H and O–H groups in total. The molecule has 0 bridgehead atoms. The van der Waals surface area contributed by atoms with Crippen molar-refractivity contribution in [1.82, 2.24) is 9.97 Å². The molecule has 1 aliphatic carbocycles. The Hall–Kier alpha value is -1.56. The fourth-order valence-electron chi connectivity index (χ4n) is 2.68. The molecule has 1 aromatic heterocycles. The van der Waals surface area contributed by atoms with Gasteiger partial charge >= 0.3 is 0 Å². The van der Waals surface area contributed by atoms with E-state index in [9.17, 15) is 0 Å². The summed E-state index contributed by atoms with van der Waals surface area (Å²) in [5.41, 5.74) is 9.29. The van der Waals surface area contributed by atoms with E-state index in [2.05, 4.69) is 23.8 Å². The second kappa shape index (κ2) is 4.48. The molecule has 6 heteroatoms. The molecular weight excluding hydrogens is 270 g/mol. The van der Waals surface area contributed by atoms with Crippen LogP contribution in [0.1, 0.15) is 26.7 Å². The first-order chi connectivity index (χ1) is 9.37. The summed E-state index contributed by atoms with van der Waals surface area (Å²) in [5.74, 6) is 0.857. The minimum Gasteiger partial charge on any atom is -0.401 e. The van der Waals surface area contributed by atoms with Gasteiger partial charge in [0.1, 0.15) is 17.0 Å². The molecule has 0 saturated heterocycles. The SMILES string of the molecule is CN(C)c1ncnc2c1N=C1CC(C)(C)CC(N)=C1S2. The van der Waals surface area contributed by atoms with Gasteiger partial charge in [0.15, 0.2) is 5.82 Å². The van der Waals surface area contributed by atoms with Gasteiger partial charge < -0.3 is 10.6 Å². The van der Waals surface area contributed by atoms with Crippen molar-refractivity contribution >= 4 is 29.0 Å². The monoisotopic (exact) mass is 289 g/mol. The quantitative estimate of drug-likeness (QED) is 0.805. The summed E-state index contributed by atoms with van der Waals surface area (Å²) in [7, 11) is 3.94. The van der Waals surface area contributed by atoms with Crippen molar-refractivity contribution in [2.45, 2.75) is 31.7 Å². The van der Waals surface area contributed by atoms with Crippen molar-refractivity contribution in [1.29, 1.82) is 0 Å². The van der Waals surface area contributed by atoms with Crippen molar-refractivity contribution in [2.24, 2.45) is 16.1 Å². The summed E-state index contributed by atoms with van der Waals surface area (Å²) in [6.45, 7) is 4.46. The van der Waals surface area contributed by atoms with E-state index in [0.29, 0.717) is 0 Å². The summed E-state index contributed by atoms with van der Waals surface area (Å²) in [5, 5.41) is 0.894. The van der Waals surface area contributed by atoms with Crippen LogP contribution in [0.15, 0.2) is 26.9 Å². The normalized spacial score (nSPS) is 20.1. The Morgan fingerprint density at radius 3 is 2.70 bits per heavy atom. The second-order valence-corrected chi connectivity index (χ2v) is 7.28. The fourth-order valence-corrected chi connectivity index (χ4v) is 3.64. The number of fused-ring (bicyclic) bond motifs is 2. The van der Waals surface area contributed by atoms with Crippen molar-refractivity contribution in [2.75, 3.05) is 19.0 Å². The molecule has 1 aromatic rings. The van der Waals surface area contributed by atoms with E-state index in [1.165, 1.54) is 0 Å². The Kier molecular flexibility index (Phi) is 3.01. The standard InChI is InChI=1S/C14H19N5S/c1-14(2)5-8(15)11-9(6-14)18-10-12(19(3)4)16-7-17-13(10)20-11/h7H,5-6,15H2,1-4H3. The summed E-state index contributed by atoms with van der Waals surface area (Å²) >= 11 is 1.63. The van der Waals surface area contributed by atoms with E-state index in [-0.39, 0.29) is 5.41 Å². The molecule has 0 aromatic carbocycles. The number of hydrogen-bond donors (Lipinski definition) is 1. The van der Waals surface area contributed by atoms with Gasteiger partial charge in [-0.15, -0.1) is 0 Å². The molecule has 0 amide bonds. The molecular formula is C14H19N5S. The first kappa shape index (κ1) is 13.4. The Balaban J connectivity index is 2.15. The molecule has 0 atom stereocenters. The molecule has 0 saturated carbocycles. The van der Waals surface area contributed by atoms with Gasteiger partial charge in [0.25, 0.3) is 0 Å². The van der Waals surface area contributed by atoms with Crippen molar-refractivity contribution in [3.05, 3.63) is 16.9 Å². The maximum atomic E-state index is 6.24. The average molecular weight is 289 g/mol. The van der Waals surface area contributed by atoms with Crippen molar-refractivity contribution < 1.29 is 0 Å². The minimum atomic E-state index is 0.165. The summed E-state index contributed by atoms with van der Waals surface area (Å²) in [6, 6.07) is 0. The predicted molar refractivity (Wildman–Crippen MR) is 83.5 cm³/mol. The molecule has 1 aliphatic heterocycles. The van der Waals surface area contributed by atoms with Crippen LogP contribution in [0.2, 0.25) is 0 Å². The molecule has 0 radical (unpaired) electrons. The van der Waals surface area contributed by atoms with E-state index < -0.39 is 0 Å². The Labute approximate surface area is 123 Å². The molecule has 5 nitrogen and oxygen atoms in total. The Morgan fingerprint density at radius 1 is 1.25 bits per heavy atom. The molecule has 2 heterocycles. The van der Waals surface area contributed by atoms with E-state index in [0.717, 1.165) is 45.7 Å². The Bertz CT molecular complexity index is 630. The number of nitrogens with zero attached hydrogens (tertiary/aromatic N) is 4. The lowest BCUT2D eigenvalue weighted by Gasteiger charge is -2.34. The van der Waals surface area contributed by atoms with Crippen LogP contribution in [0.4, 0.5) is 11.5 Å². The van der Waals surface area contributed by atoms with E-state index in [4.69, 9.17) is 10.7 Å². The van der Waals surface area contributed by atoms with Crippen molar-refractivity contribution in [3.63, 3.8) is 0 Å². The first-order valence-corrected chi connectivity index (χ1v) is 7.46. The maximum Gasteiger partial charge on any atom is 0.158 e. The second-order valence-electron chi connectivity index (χ2n) is 6.28. The van der Waals surface area contributed by atoms with Gasteiger partial charge in [-0.25, -0.2) is 15.0 Å². The number of aliphatic imine (C=N–C) groups is 1. The average Bonchev–Trinajstić information content (AvgIpc) is 2.34.